The lowest BCUT2D eigenvalue weighted by atomic mass is 10.0. The second kappa shape index (κ2) is 7.78. The summed E-state index contributed by atoms with van der Waals surface area (Å²) < 4.78 is 1.86. The van der Waals surface area contributed by atoms with Crippen LogP contribution in [0.4, 0.5) is 11.4 Å². The van der Waals surface area contributed by atoms with Crippen molar-refractivity contribution in [1.82, 2.24) is 4.57 Å². The minimum absolute atomic E-state index is 0.0126. The Balaban J connectivity index is 2.09. The van der Waals surface area contributed by atoms with Crippen LogP contribution in [0.15, 0.2) is 54.6 Å². The molecule has 8 nitrogen and oxygen atoms in total. The van der Waals surface area contributed by atoms with Gasteiger partial charge in [-0.3, -0.25) is 20.2 Å². The van der Waals surface area contributed by atoms with E-state index in [4.69, 9.17) is 0 Å². The van der Waals surface area contributed by atoms with Gasteiger partial charge in [0, 0.05) is 35.7 Å². The first-order chi connectivity index (χ1) is 13.8. The van der Waals surface area contributed by atoms with E-state index in [1.54, 1.807) is 24.3 Å². The fourth-order valence-corrected chi connectivity index (χ4v) is 3.20. The third-order valence-corrected chi connectivity index (χ3v) is 4.56. The molecule has 0 aliphatic carbocycles. The predicted octanol–water partition coefficient (Wildman–Crippen LogP) is 4.97. The molecule has 144 valence electrons. The second-order valence-electron chi connectivity index (χ2n) is 6.42. The maximum absolute atomic E-state index is 11.1. The van der Waals surface area contributed by atoms with Crippen LogP contribution in [-0.2, 0) is 0 Å². The zero-order valence-electron chi connectivity index (χ0n) is 15.7. The lowest BCUT2D eigenvalue weighted by Crippen LogP contribution is -2.00. The maximum atomic E-state index is 11.1. The Morgan fingerprint density at radius 1 is 1.00 bits per heavy atom. The zero-order valence-corrected chi connectivity index (χ0v) is 15.7. The molecular weight excluding hydrogens is 372 g/mol. The van der Waals surface area contributed by atoms with E-state index in [9.17, 15) is 25.5 Å². The summed E-state index contributed by atoms with van der Waals surface area (Å²) in [5.74, 6) is 0. The summed E-state index contributed by atoms with van der Waals surface area (Å²) in [7, 11) is 0. The van der Waals surface area contributed by atoms with Crippen molar-refractivity contribution in [2.75, 3.05) is 0 Å². The van der Waals surface area contributed by atoms with Gasteiger partial charge in [-0.15, -0.1) is 0 Å². The van der Waals surface area contributed by atoms with E-state index in [1.807, 2.05) is 24.5 Å². The second-order valence-corrected chi connectivity index (χ2v) is 6.42. The van der Waals surface area contributed by atoms with Gasteiger partial charge in [0.2, 0.25) is 0 Å². The molecule has 0 aliphatic heterocycles. The number of aromatic nitrogens is 1. The summed E-state index contributed by atoms with van der Waals surface area (Å²) >= 11 is 0. The van der Waals surface area contributed by atoms with Gasteiger partial charge in [0.25, 0.3) is 11.4 Å². The molecular formula is C21H16N4O4. The quantitative estimate of drug-likeness (QED) is 0.347. The number of rotatable bonds is 5. The molecule has 0 radical (unpaired) electrons. The van der Waals surface area contributed by atoms with Crippen molar-refractivity contribution in [3.8, 4) is 11.8 Å². The van der Waals surface area contributed by atoms with Gasteiger partial charge in [-0.25, -0.2) is 0 Å². The molecule has 0 aliphatic rings. The summed E-state index contributed by atoms with van der Waals surface area (Å²) in [5.41, 5.74) is 3.65. The molecule has 0 atom stereocenters. The minimum atomic E-state index is -0.507. The Morgan fingerprint density at radius 3 is 2.24 bits per heavy atom. The van der Waals surface area contributed by atoms with Crippen molar-refractivity contribution in [1.29, 1.82) is 5.26 Å². The number of hydrogen-bond acceptors (Lipinski definition) is 5. The first-order valence-electron chi connectivity index (χ1n) is 8.62. The molecule has 0 saturated heterocycles. The molecule has 0 amide bonds. The number of aryl methyl sites for hydroxylation is 1. The predicted molar refractivity (Wildman–Crippen MR) is 108 cm³/mol. The summed E-state index contributed by atoms with van der Waals surface area (Å²) in [6, 6.07) is 16.2. The SMILES string of the molecule is Cc1cc(/C=C(/C#N)c2cccc([N+](=O)[O-])c2)c(C)n1-c1cccc([N+](=O)[O-])c1. The molecule has 0 bridgehead atoms. The fraction of sp³-hybridized carbons (Fsp3) is 0.0952. The third kappa shape index (κ3) is 3.89. The molecule has 0 fully saturated rings. The Kier molecular flexibility index (Phi) is 5.23. The van der Waals surface area contributed by atoms with E-state index in [0.29, 0.717) is 11.3 Å². The van der Waals surface area contributed by atoms with E-state index in [0.717, 1.165) is 17.0 Å². The minimum Gasteiger partial charge on any atom is -0.318 e. The van der Waals surface area contributed by atoms with Gasteiger partial charge < -0.3 is 4.57 Å². The highest BCUT2D eigenvalue weighted by Crippen LogP contribution is 2.27. The van der Waals surface area contributed by atoms with Gasteiger partial charge in [0.15, 0.2) is 0 Å². The largest absolute Gasteiger partial charge is 0.318 e. The normalized spacial score (nSPS) is 11.1. The Labute approximate surface area is 166 Å². The number of nitro groups is 2. The molecule has 0 spiro atoms. The van der Waals surface area contributed by atoms with Crippen molar-refractivity contribution < 1.29 is 9.85 Å². The topological polar surface area (TPSA) is 115 Å². The van der Waals surface area contributed by atoms with Crippen molar-refractivity contribution in [3.05, 3.63) is 97.3 Å². The monoisotopic (exact) mass is 388 g/mol. The lowest BCUT2D eigenvalue weighted by Gasteiger charge is -2.09. The van der Waals surface area contributed by atoms with Crippen LogP contribution in [-0.4, -0.2) is 14.4 Å². The number of nitriles is 1. The average molecular weight is 388 g/mol. The smallest absolute Gasteiger partial charge is 0.271 e. The summed E-state index contributed by atoms with van der Waals surface area (Å²) in [6.45, 7) is 3.71. The Bertz CT molecular complexity index is 1200. The van der Waals surface area contributed by atoms with E-state index in [-0.39, 0.29) is 16.9 Å². The maximum Gasteiger partial charge on any atom is 0.271 e. The number of nitro benzene ring substituents is 2. The highest BCUT2D eigenvalue weighted by Gasteiger charge is 2.14. The van der Waals surface area contributed by atoms with Crippen LogP contribution in [0.3, 0.4) is 0 Å². The molecule has 1 heterocycles. The van der Waals surface area contributed by atoms with Crippen LogP contribution in [0.1, 0.15) is 22.5 Å². The highest BCUT2D eigenvalue weighted by atomic mass is 16.6. The van der Waals surface area contributed by atoms with Gasteiger partial charge in [-0.1, -0.05) is 18.2 Å². The van der Waals surface area contributed by atoms with Gasteiger partial charge in [0.1, 0.15) is 0 Å². The van der Waals surface area contributed by atoms with Crippen molar-refractivity contribution in [3.63, 3.8) is 0 Å². The van der Waals surface area contributed by atoms with Crippen LogP contribution in [0.5, 0.6) is 0 Å². The molecule has 3 aromatic rings. The number of benzene rings is 2. The first-order valence-corrected chi connectivity index (χ1v) is 8.62. The number of hydrogen-bond donors (Lipinski definition) is 0. The third-order valence-electron chi connectivity index (χ3n) is 4.56. The Morgan fingerprint density at radius 2 is 1.62 bits per heavy atom. The molecule has 2 aromatic carbocycles. The molecule has 3 rings (SSSR count). The van der Waals surface area contributed by atoms with Crippen LogP contribution in [0.2, 0.25) is 0 Å². The fourth-order valence-electron chi connectivity index (χ4n) is 3.20. The van der Waals surface area contributed by atoms with Gasteiger partial charge in [-0.05, 0) is 43.2 Å². The summed E-state index contributed by atoms with van der Waals surface area (Å²) in [5, 5.41) is 31.7. The molecule has 0 saturated carbocycles. The molecule has 0 unspecified atom stereocenters. The van der Waals surface area contributed by atoms with Crippen LogP contribution in [0.25, 0.3) is 17.3 Å². The van der Waals surface area contributed by atoms with Gasteiger partial charge >= 0.3 is 0 Å². The number of nitrogens with zero attached hydrogens (tertiary/aromatic N) is 4. The molecule has 1 aromatic heterocycles. The molecule has 0 N–H and O–H groups in total. The van der Waals surface area contributed by atoms with E-state index < -0.39 is 9.85 Å². The Hall–Kier alpha value is -4.25. The zero-order chi connectivity index (χ0) is 21.1. The number of non-ortho nitro benzene ring substituents is 2. The van der Waals surface area contributed by atoms with Crippen LogP contribution >= 0.6 is 0 Å². The molecule has 8 heteroatoms. The van der Waals surface area contributed by atoms with E-state index in [1.165, 1.54) is 30.3 Å². The average Bonchev–Trinajstić information content (AvgIpc) is 2.99. The number of allylic oxidation sites excluding steroid dienone is 1. The van der Waals surface area contributed by atoms with Crippen molar-refractivity contribution in [2.24, 2.45) is 0 Å². The van der Waals surface area contributed by atoms with Crippen LogP contribution in [0, 0.1) is 45.4 Å². The standard InChI is InChI=1S/C21H16N4O4/c1-14-9-17(10-18(13-22)16-5-3-7-20(11-16)24(26)27)15(2)23(14)19-6-4-8-21(12-19)25(28)29/h3-12H,1-2H3/b18-10-. The van der Waals surface area contributed by atoms with Crippen molar-refractivity contribution in [2.45, 2.75) is 13.8 Å². The first kappa shape index (κ1) is 19.5. The summed E-state index contributed by atoms with van der Waals surface area (Å²) in [6.07, 6.45) is 1.66. The summed E-state index contributed by atoms with van der Waals surface area (Å²) in [4.78, 5) is 21.1. The van der Waals surface area contributed by atoms with Crippen LogP contribution < -0.4 is 0 Å². The van der Waals surface area contributed by atoms with Crippen molar-refractivity contribution >= 4 is 23.0 Å². The molecule has 29 heavy (non-hydrogen) atoms. The van der Waals surface area contributed by atoms with E-state index >= 15 is 0 Å². The van der Waals surface area contributed by atoms with Gasteiger partial charge in [-0.2, -0.15) is 5.26 Å². The lowest BCUT2D eigenvalue weighted by molar-refractivity contribution is -0.385. The highest BCUT2D eigenvalue weighted by molar-refractivity contribution is 5.90. The van der Waals surface area contributed by atoms with Gasteiger partial charge in [0.05, 0.1) is 27.2 Å². The van der Waals surface area contributed by atoms with E-state index in [2.05, 4.69) is 6.07 Å².